The number of amides is 2. The van der Waals surface area contributed by atoms with Crippen molar-refractivity contribution < 1.29 is 24.2 Å². The van der Waals surface area contributed by atoms with Crippen molar-refractivity contribution in [1.82, 2.24) is 10.2 Å². The SMILES string of the molecule is O=C(O)CCC1CCCN1C(=O)[C@H]1C[C@H]1CNC(=O)OCC1c2ccccc2-c2ccccc21. The van der Waals surface area contributed by atoms with Crippen molar-refractivity contribution in [3.63, 3.8) is 0 Å². The van der Waals surface area contributed by atoms with Crippen LogP contribution >= 0.6 is 0 Å². The number of hydrogen-bond acceptors (Lipinski definition) is 4. The lowest BCUT2D eigenvalue weighted by molar-refractivity contribution is -0.139. The molecule has 2 aromatic rings. The number of carbonyl (C=O) groups is 3. The van der Waals surface area contributed by atoms with Crippen LogP contribution in [0.3, 0.4) is 0 Å². The van der Waals surface area contributed by atoms with Gasteiger partial charge in [0.05, 0.1) is 0 Å². The van der Waals surface area contributed by atoms with Gasteiger partial charge in [-0.25, -0.2) is 4.79 Å². The van der Waals surface area contributed by atoms with Gasteiger partial charge in [-0.05, 0) is 53.9 Å². The Morgan fingerprint density at radius 3 is 2.38 bits per heavy atom. The summed E-state index contributed by atoms with van der Waals surface area (Å²) in [6, 6.07) is 16.5. The van der Waals surface area contributed by atoms with E-state index < -0.39 is 12.1 Å². The second-order valence-electron chi connectivity index (χ2n) is 9.57. The van der Waals surface area contributed by atoms with Crippen molar-refractivity contribution in [3.8, 4) is 11.1 Å². The number of rotatable bonds is 8. The van der Waals surface area contributed by atoms with E-state index in [1.54, 1.807) is 0 Å². The van der Waals surface area contributed by atoms with Gasteiger partial charge in [-0.1, -0.05) is 48.5 Å². The average molecular weight is 463 g/mol. The summed E-state index contributed by atoms with van der Waals surface area (Å²) in [5.41, 5.74) is 4.73. The monoisotopic (exact) mass is 462 g/mol. The second kappa shape index (κ2) is 9.49. The molecule has 0 radical (unpaired) electrons. The van der Waals surface area contributed by atoms with Gasteiger partial charge in [0.1, 0.15) is 6.61 Å². The smallest absolute Gasteiger partial charge is 0.407 e. The molecule has 1 saturated carbocycles. The fraction of sp³-hybridized carbons (Fsp3) is 0.444. The first kappa shape index (κ1) is 22.4. The van der Waals surface area contributed by atoms with Crippen LogP contribution < -0.4 is 5.32 Å². The molecule has 3 atom stereocenters. The van der Waals surface area contributed by atoms with Crippen molar-refractivity contribution >= 4 is 18.0 Å². The molecule has 0 spiro atoms. The number of carboxylic acids is 1. The molecule has 7 nitrogen and oxygen atoms in total. The van der Waals surface area contributed by atoms with E-state index in [2.05, 4.69) is 29.6 Å². The summed E-state index contributed by atoms with van der Waals surface area (Å²) >= 11 is 0. The number of fused-ring (bicyclic) bond motifs is 3. The van der Waals surface area contributed by atoms with Gasteiger partial charge in [-0.2, -0.15) is 0 Å². The molecule has 1 unspecified atom stereocenters. The van der Waals surface area contributed by atoms with E-state index in [1.807, 2.05) is 29.2 Å². The highest BCUT2D eigenvalue weighted by molar-refractivity contribution is 5.82. The highest BCUT2D eigenvalue weighted by Gasteiger charge is 2.46. The molecule has 7 heteroatoms. The fourth-order valence-corrected chi connectivity index (χ4v) is 5.57. The number of aliphatic carboxylic acids is 1. The lowest BCUT2D eigenvalue weighted by atomic mass is 9.98. The first-order valence-electron chi connectivity index (χ1n) is 12.1. The number of nitrogens with zero attached hydrogens (tertiary/aromatic N) is 1. The molecule has 0 bridgehead atoms. The Kier molecular flexibility index (Phi) is 6.26. The third kappa shape index (κ3) is 4.52. The van der Waals surface area contributed by atoms with Crippen LogP contribution in [0.2, 0.25) is 0 Å². The van der Waals surface area contributed by atoms with E-state index >= 15 is 0 Å². The van der Waals surface area contributed by atoms with Crippen molar-refractivity contribution in [3.05, 3.63) is 59.7 Å². The molecule has 2 aliphatic carbocycles. The summed E-state index contributed by atoms with van der Waals surface area (Å²) in [4.78, 5) is 38.0. The summed E-state index contributed by atoms with van der Waals surface area (Å²) in [5, 5.41) is 11.8. The quantitative estimate of drug-likeness (QED) is 0.618. The molecular formula is C27H30N2O5. The molecule has 2 N–H and O–H groups in total. The number of carbonyl (C=O) groups excluding carboxylic acids is 2. The second-order valence-corrected chi connectivity index (χ2v) is 9.57. The predicted octanol–water partition coefficient (Wildman–Crippen LogP) is 4.02. The van der Waals surface area contributed by atoms with E-state index in [1.165, 1.54) is 22.3 Å². The Morgan fingerprint density at radius 1 is 1.03 bits per heavy atom. The van der Waals surface area contributed by atoms with Gasteiger partial charge < -0.3 is 20.1 Å². The Balaban J connectivity index is 1.09. The van der Waals surface area contributed by atoms with Crippen molar-refractivity contribution in [2.45, 2.75) is 44.1 Å². The molecule has 1 aliphatic heterocycles. The average Bonchev–Trinajstić information content (AvgIpc) is 3.34. The topological polar surface area (TPSA) is 95.9 Å². The zero-order valence-corrected chi connectivity index (χ0v) is 19.1. The van der Waals surface area contributed by atoms with Gasteiger partial charge in [0.2, 0.25) is 5.91 Å². The minimum absolute atomic E-state index is 0.0197. The van der Waals surface area contributed by atoms with Crippen molar-refractivity contribution in [1.29, 1.82) is 0 Å². The van der Waals surface area contributed by atoms with E-state index in [9.17, 15) is 14.4 Å². The van der Waals surface area contributed by atoms with E-state index in [0.717, 1.165) is 19.3 Å². The molecule has 34 heavy (non-hydrogen) atoms. The zero-order valence-electron chi connectivity index (χ0n) is 19.1. The molecule has 2 fully saturated rings. The van der Waals surface area contributed by atoms with Crippen LogP contribution in [-0.4, -0.2) is 53.7 Å². The van der Waals surface area contributed by atoms with Crippen LogP contribution in [0.25, 0.3) is 11.1 Å². The molecule has 178 valence electrons. The maximum absolute atomic E-state index is 12.9. The normalized spacial score (nSPS) is 22.7. The van der Waals surface area contributed by atoms with Crippen LogP contribution in [0.5, 0.6) is 0 Å². The number of nitrogens with one attached hydrogen (secondary N) is 1. The molecule has 5 rings (SSSR count). The standard InChI is InChI=1S/C27H30N2O5/c30-25(31)12-11-18-6-5-13-29(18)26(32)23-14-17(23)15-28-27(33)34-16-24-21-9-3-1-7-19(21)20-8-2-4-10-22(20)24/h1-4,7-10,17-18,23-24H,5-6,11-16H2,(H,28,33)(H,30,31)/t17-,18?,23-/m0/s1. The highest BCUT2D eigenvalue weighted by atomic mass is 16.5. The summed E-state index contributed by atoms with van der Waals surface area (Å²) in [6.07, 6.45) is 2.69. The Labute approximate surface area is 199 Å². The van der Waals surface area contributed by atoms with Gasteiger partial charge >= 0.3 is 12.1 Å². The molecule has 1 saturated heterocycles. The molecule has 1 heterocycles. The lowest BCUT2D eigenvalue weighted by Gasteiger charge is -2.24. The predicted molar refractivity (Wildman–Crippen MR) is 126 cm³/mol. The van der Waals surface area contributed by atoms with Crippen molar-refractivity contribution in [2.75, 3.05) is 19.7 Å². The first-order chi connectivity index (χ1) is 16.5. The Hall–Kier alpha value is -3.35. The number of likely N-dealkylation sites (tertiary alicyclic amines) is 1. The van der Waals surface area contributed by atoms with Crippen LogP contribution in [-0.2, 0) is 14.3 Å². The van der Waals surface area contributed by atoms with Gasteiger partial charge in [0.25, 0.3) is 0 Å². The summed E-state index contributed by atoms with van der Waals surface area (Å²) in [7, 11) is 0. The number of hydrogen-bond donors (Lipinski definition) is 2. The third-order valence-electron chi connectivity index (χ3n) is 7.44. The minimum Gasteiger partial charge on any atom is -0.481 e. The Bertz CT molecular complexity index is 1050. The van der Waals surface area contributed by atoms with Gasteiger partial charge in [0.15, 0.2) is 0 Å². The molecule has 2 aromatic carbocycles. The van der Waals surface area contributed by atoms with Crippen LogP contribution in [0.1, 0.15) is 49.1 Å². The van der Waals surface area contributed by atoms with E-state index in [-0.39, 0.29) is 42.7 Å². The first-order valence-corrected chi connectivity index (χ1v) is 12.1. The van der Waals surface area contributed by atoms with Gasteiger partial charge in [0, 0.05) is 37.4 Å². The van der Waals surface area contributed by atoms with E-state index in [0.29, 0.717) is 19.5 Å². The summed E-state index contributed by atoms with van der Waals surface area (Å²) in [6.45, 7) is 1.39. The fourth-order valence-electron chi connectivity index (χ4n) is 5.57. The zero-order chi connectivity index (χ0) is 23.7. The Morgan fingerprint density at radius 2 is 1.71 bits per heavy atom. The van der Waals surface area contributed by atoms with Crippen LogP contribution in [0.15, 0.2) is 48.5 Å². The molecule has 3 aliphatic rings. The summed E-state index contributed by atoms with van der Waals surface area (Å²) in [5.74, 6) is -0.664. The minimum atomic E-state index is -0.823. The molecule has 2 amide bonds. The van der Waals surface area contributed by atoms with Crippen molar-refractivity contribution in [2.24, 2.45) is 11.8 Å². The van der Waals surface area contributed by atoms with Gasteiger partial charge in [-0.3, -0.25) is 9.59 Å². The maximum atomic E-state index is 12.9. The van der Waals surface area contributed by atoms with Gasteiger partial charge in [-0.15, -0.1) is 0 Å². The number of carboxylic acid groups (broad SMARTS) is 1. The number of benzene rings is 2. The van der Waals surface area contributed by atoms with Crippen LogP contribution in [0, 0.1) is 11.8 Å². The largest absolute Gasteiger partial charge is 0.481 e. The maximum Gasteiger partial charge on any atom is 0.407 e. The number of alkyl carbamates (subject to hydrolysis) is 1. The molecule has 0 aromatic heterocycles. The summed E-state index contributed by atoms with van der Waals surface area (Å²) < 4.78 is 5.58. The van der Waals surface area contributed by atoms with Crippen LogP contribution in [0.4, 0.5) is 4.79 Å². The third-order valence-corrected chi connectivity index (χ3v) is 7.44. The number of ether oxygens (including phenoxy) is 1. The lowest BCUT2D eigenvalue weighted by Crippen LogP contribution is -2.38. The highest BCUT2D eigenvalue weighted by Crippen LogP contribution is 2.44. The van der Waals surface area contributed by atoms with E-state index in [4.69, 9.17) is 9.84 Å². The molecular weight excluding hydrogens is 432 g/mol.